The molecule has 1 heterocycles. The number of halogens is 3. The van der Waals surface area contributed by atoms with Crippen LogP contribution in [0.4, 0.5) is 13.2 Å². The second-order valence-electron chi connectivity index (χ2n) is 5.40. The van der Waals surface area contributed by atoms with Gasteiger partial charge in [-0.1, -0.05) is 24.3 Å². The van der Waals surface area contributed by atoms with Crippen molar-refractivity contribution in [2.75, 3.05) is 13.1 Å². The van der Waals surface area contributed by atoms with Crippen molar-refractivity contribution in [1.82, 2.24) is 5.32 Å². The van der Waals surface area contributed by atoms with Gasteiger partial charge in [0.25, 0.3) is 0 Å². The van der Waals surface area contributed by atoms with Crippen molar-refractivity contribution in [2.24, 2.45) is 0 Å². The SMILES string of the molecule is Fc1cc(-c2ccc(C3CCNCC3)cc2)cc(F)c1F. The van der Waals surface area contributed by atoms with Crippen LogP contribution in [0.3, 0.4) is 0 Å². The molecule has 0 atom stereocenters. The summed E-state index contributed by atoms with van der Waals surface area (Å²) in [4.78, 5) is 0. The molecule has 2 aromatic rings. The molecule has 1 aliphatic rings. The van der Waals surface area contributed by atoms with E-state index in [4.69, 9.17) is 0 Å². The Balaban J connectivity index is 1.87. The molecule has 3 rings (SSSR count). The average Bonchev–Trinajstić information content (AvgIpc) is 2.53. The second kappa shape index (κ2) is 5.90. The van der Waals surface area contributed by atoms with Gasteiger partial charge < -0.3 is 5.32 Å². The summed E-state index contributed by atoms with van der Waals surface area (Å²) in [6.07, 6.45) is 2.19. The molecule has 1 saturated heterocycles. The molecule has 1 nitrogen and oxygen atoms in total. The van der Waals surface area contributed by atoms with Gasteiger partial charge in [0, 0.05) is 0 Å². The molecule has 0 aromatic heterocycles. The fourth-order valence-electron chi connectivity index (χ4n) is 2.83. The van der Waals surface area contributed by atoms with Crippen molar-refractivity contribution in [3.63, 3.8) is 0 Å². The Morgan fingerprint density at radius 2 is 1.38 bits per heavy atom. The van der Waals surface area contributed by atoms with Crippen LogP contribution in [0.1, 0.15) is 24.3 Å². The normalized spacial score (nSPS) is 16.1. The van der Waals surface area contributed by atoms with Gasteiger partial charge in [0.1, 0.15) is 0 Å². The van der Waals surface area contributed by atoms with Gasteiger partial charge in [0.05, 0.1) is 0 Å². The summed E-state index contributed by atoms with van der Waals surface area (Å²) in [6.45, 7) is 2.03. The molecule has 0 spiro atoms. The second-order valence-corrected chi connectivity index (χ2v) is 5.40. The van der Waals surface area contributed by atoms with E-state index in [0.717, 1.165) is 38.1 Å². The third-order valence-electron chi connectivity index (χ3n) is 4.04. The number of nitrogens with one attached hydrogen (secondary N) is 1. The van der Waals surface area contributed by atoms with E-state index in [1.807, 2.05) is 24.3 Å². The van der Waals surface area contributed by atoms with E-state index in [9.17, 15) is 13.2 Å². The first-order chi connectivity index (χ1) is 10.1. The topological polar surface area (TPSA) is 12.0 Å². The van der Waals surface area contributed by atoms with Crippen LogP contribution < -0.4 is 5.32 Å². The number of piperidine rings is 1. The molecule has 0 amide bonds. The Hall–Kier alpha value is -1.81. The minimum Gasteiger partial charge on any atom is -0.317 e. The van der Waals surface area contributed by atoms with Crippen molar-refractivity contribution < 1.29 is 13.2 Å². The highest BCUT2D eigenvalue weighted by Crippen LogP contribution is 2.29. The van der Waals surface area contributed by atoms with Crippen LogP contribution in [-0.4, -0.2) is 13.1 Å². The monoisotopic (exact) mass is 291 g/mol. The standard InChI is InChI=1S/C17H16F3N/c18-15-9-14(10-16(19)17(15)20)12-3-1-11(2-4-12)13-5-7-21-8-6-13/h1-4,9-10,13,21H,5-8H2. The Morgan fingerprint density at radius 3 is 1.95 bits per heavy atom. The van der Waals surface area contributed by atoms with Crippen LogP contribution in [0.2, 0.25) is 0 Å². The van der Waals surface area contributed by atoms with Crippen molar-refractivity contribution in [1.29, 1.82) is 0 Å². The van der Waals surface area contributed by atoms with E-state index in [1.165, 1.54) is 5.56 Å². The maximum Gasteiger partial charge on any atom is 0.194 e. The largest absolute Gasteiger partial charge is 0.317 e. The summed E-state index contributed by atoms with van der Waals surface area (Å²) in [5.41, 5.74) is 2.28. The van der Waals surface area contributed by atoms with Crippen LogP contribution in [0.5, 0.6) is 0 Å². The highest BCUT2D eigenvalue weighted by molar-refractivity contribution is 5.64. The van der Waals surface area contributed by atoms with Crippen LogP contribution in [0.15, 0.2) is 36.4 Å². The first kappa shape index (κ1) is 14.1. The Kier molecular flexibility index (Phi) is 3.97. The molecule has 1 aliphatic heterocycles. The fraction of sp³-hybridized carbons (Fsp3) is 0.294. The Morgan fingerprint density at radius 1 is 0.810 bits per heavy atom. The smallest absolute Gasteiger partial charge is 0.194 e. The van der Waals surface area contributed by atoms with Crippen molar-refractivity contribution in [2.45, 2.75) is 18.8 Å². The molecular weight excluding hydrogens is 275 g/mol. The van der Waals surface area contributed by atoms with Gasteiger partial charge in [-0.2, -0.15) is 0 Å². The Labute approximate surface area is 121 Å². The summed E-state index contributed by atoms with van der Waals surface area (Å²) in [5, 5.41) is 3.32. The number of benzene rings is 2. The summed E-state index contributed by atoms with van der Waals surface area (Å²) in [7, 11) is 0. The number of rotatable bonds is 2. The molecule has 110 valence electrons. The zero-order valence-electron chi connectivity index (χ0n) is 11.5. The molecule has 0 saturated carbocycles. The zero-order chi connectivity index (χ0) is 14.8. The molecule has 1 fully saturated rings. The molecule has 0 radical (unpaired) electrons. The maximum atomic E-state index is 13.3. The first-order valence-electron chi connectivity index (χ1n) is 7.11. The lowest BCUT2D eigenvalue weighted by Gasteiger charge is -2.23. The van der Waals surface area contributed by atoms with Gasteiger partial charge in [-0.25, -0.2) is 13.2 Å². The minimum absolute atomic E-state index is 0.350. The van der Waals surface area contributed by atoms with E-state index >= 15 is 0 Å². The third-order valence-corrected chi connectivity index (χ3v) is 4.04. The van der Waals surface area contributed by atoms with Gasteiger partial charge in [0.15, 0.2) is 17.5 Å². The summed E-state index contributed by atoms with van der Waals surface area (Å²) >= 11 is 0. The molecule has 4 heteroatoms. The van der Waals surface area contributed by atoms with Crippen molar-refractivity contribution >= 4 is 0 Å². The van der Waals surface area contributed by atoms with Gasteiger partial charge in [0.2, 0.25) is 0 Å². The van der Waals surface area contributed by atoms with E-state index < -0.39 is 17.5 Å². The lowest BCUT2D eigenvalue weighted by molar-refractivity contribution is 0.447. The molecule has 2 aromatic carbocycles. The molecule has 0 aliphatic carbocycles. The lowest BCUT2D eigenvalue weighted by Crippen LogP contribution is -2.26. The Bertz CT molecular complexity index is 608. The maximum absolute atomic E-state index is 13.3. The number of hydrogen-bond donors (Lipinski definition) is 1. The fourth-order valence-corrected chi connectivity index (χ4v) is 2.83. The average molecular weight is 291 g/mol. The van der Waals surface area contributed by atoms with Gasteiger partial charge in [-0.3, -0.25) is 0 Å². The molecule has 0 unspecified atom stereocenters. The van der Waals surface area contributed by atoms with Crippen LogP contribution in [0.25, 0.3) is 11.1 Å². The molecule has 1 N–H and O–H groups in total. The minimum atomic E-state index is -1.43. The summed E-state index contributed by atoms with van der Waals surface area (Å²) in [6, 6.07) is 9.71. The van der Waals surface area contributed by atoms with Gasteiger partial charge in [-0.15, -0.1) is 0 Å². The molecule has 0 bridgehead atoms. The van der Waals surface area contributed by atoms with E-state index in [1.54, 1.807) is 0 Å². The lowest BCUT2D eigenvalue weighted by atomic mass is 9.89. The highest BCUT2D eigenvalue weighted by atomic mass is 19.2. The van der Waals surface area contributed by atoms with Crippen molar-refractivity contribution in [3.05, 3.63) is 59.4 Å². The molecule has 21 heavy (non-hydrogen) atoms. The predicted octanol–water partition coefficient (Wildman–Crippen LogP) is 4.24. The third kappa shape index (κ3) is 2.95. The van der Waals surface area contributed by atoms with Gasteiger partial charge in [-0.05, 0) is 60.7 Å². The summed E-state index contributed by atoms with van der Waals surface area (Å²) < 4.78 is 39.5. The van der Waals surface area contributed by atoms with E-state index in [0.29, 0.717) is 17.0 Å². The number of hydrogen-bond acceptors (Lipinski definition) is 1. The van der Waals surface area contributed by atoms with Gasteiger partial charge >= 0.3 is 0 Å². The van der Waals surface area contributed by atoms with Crippen LogP contribution >= 0.6 is 0 Å². The van der Waals surface area contributed by atoms with Crippen LogP contribution in [-0.2, 0) is 0 Å². The van der Waals surface area contributed by atoms with Crippen molar-refractivity contribution in [3.8, 4) is 11.1 Å². The van der Waals surface area contributed by atoms with E-state index in [-0.39, 0.29) is 0 Å². The highest BCUT2D eigenvalue weighted by Gasteiger charge is 2.15. The molecular formula is C17H16F3N. The first-order valence-corrected chi connectivity index (χ1v) is 7.11. The quantitative estimate of drug-likeness (QED) is 0.816. The predicted molar refractivity (Wildman–Crippen MR) is 76.6 cm³/mol. The zero-order valence-corrected chi connectivity index (χ0v) is 11.5. The summed E-state index contributed by atoms with van der Waals surface area (Å²) in [5.74, 6) is -3.22. The van der Waals surface area contributed by atoms with Crippen LogP contribution in [0, 0.1) is 17.5 Å². The van der Waals surface area contributed by atoms with E-state index in [2.05, 4.69) is 5.32 Å².